The van der Waals surface area contributed by atoms with Crippen LogP contribution in [0.25, 0.3) is 0 Å². The fraction of sp³-hybridized carbons (Fsp3) is 0.323. The normalized spacial score (nSPS) is 26.2. The van der Waals surface area contributed by atoms with Crippen LogP contribution in [-0.2, 0) is 35.4 Å². The van der Waals surface area contributed by atoms with Gasteiger partial charge in [0, 0.05) is 38.3 Å². The van der Waals surface area contributed by atoms with Gasteiger partial charge >= 0.3 is 5.97 Å². The van der Waals surface area contributed by atoms with Crippen molar-refractivity contribution in [2.45, 2.75) is 50.0 Å². The highest BCUT2D eigenvalue weighted by Crippen LogP contribution is 2.53. The molecule has 0 N–H and O–H groups in total. The van der Waals surface area contributed by atoms with E-state index in [4.69, 9.17) is 14.2 Å². The molecule has 1 fully saturated rings. The van der Waals surface area contributed by atoms with Gasteiger partial charge in [-0.3, -0.25) is 0 Å². The van der Waals surface area contributed by atoms with E-state index < -0.39 is 39.8 Å². The molecule has 0 unspecified atom stereocenters. The Kier molecular flexibility index (Phi) is 6.27. The first-order valence-corrected chi connectivity index (χ1v) is 14.6. The van der Waals surface area contributed by atoms with Crippen molar-refractivity contribution in [2.75, 3.05) is 6.54 Å². The second-order valence-electron chi connectivity index (χ2n) is 10.9. The molecule has 0 spiro atoms. The summed E-state index contributed by atoms with van der Waals surface area (Å²) < 4.78 is 48.1. The molecule has 39 heavy (non-hydrogen) atoms. The molecule has 202 valence electrons. The molecule has 3 heterocycles. The first-order chi connectivity index (χ1) is 18.6. The Balaban J connectivity index is 1.52. The van der Waals surface area contributed by atoms with Crippen molar-refractivity contribution in [3.05, 3.63) is 113 Å². The lowest BCUT2D eigenvalue weighted by atomic mass is 9.76. The Morgan fingerprint density at radius 2 is 1.54 bits per heavy atom. The largest absolute Gasteiger partial charge is 0.456 e. The molecule has 0 aromatic heterocycles. The van der Waals surface area contributed by atoms with Gasteiger partial charge in [0.15, 0.2) is 0 Å². The van der Waals surface area contributed by atoms with Crippen LogP contribution in [0.5, 0.6) is 0 Å². The van der Waals surface area contributed by atoms with E-state index in [1.165, 1.54) is 0 Å². The Bertz CT molecular complexity index is 1520. The third kappa shape index (κ3) is 4.61. The molecule has 0 saturated carbocycles. The number of fused-ring (bicyclic) bond motifs is 2. The Labute approximate surface area is 229 Å². The highest BCUT2D eigenvalue weighted by atomic mass is 32.2. The zero-order valence-corrected chi connectivity index (χ0v) is 22.9. The van der Waals surface area contributed by atoms with Crippen molar-refractivity contribution in [1.82, 2.24) is 4.31 Å². The standard InChI is InChI=1S/C31H31NO6S/c1-20-14-16-23(17-15-20)39(34,35)32-19-24-26(25(32)18-21-10-6-4-7-11-21)27-29(33)37-31(2,3)38-30(27)36-28(24)22-12-8-5-9-13-22/h4-17,24-26,28H,18-19H2,1-3H3/t24-,25+,26-,28-/m0/s1. The monoisotopic (exact) mass is 545 g/mol. The number of benzene rings is 3. The van der Waals surface area contributed by atoms with Gasteiger partial charge in [-0.1, -0.05) is 78.4 Å². The molecule has 0 bridgehead atoms. The van der Waals surface area contributed by atoms with E-state index in [9.17, 15) is 13.2 Å². The summed E-state index contributed by atoms with van der Waals surface area (Å²) in [5, 5.41) is 0. The quantitative estimate of drug-likeness (QED) is 0.413. The topological polar surface area (TPSA) is 82.1 Å². The van der Waals surface area contributed by atoms with Gasteiger partial charge in [0.1, 0.15) is 11.7 Å². The number of sulfonamides is 1. The summed E-state index contributed by atoms with van der Waals surface area (Å²) in [6.45, 7) is 5.42. The molecule has 0 amide bonds. The minimum absolute atomic E-state index is 0.124. The predicted molar refractivity (Wildman–Crippen MR) is 145 cm³/mol. The summed E-state index contributed by atoms with van der Waals surface area (Å²) in [4.78, 5) is 13.7. The molecular formula is C31H31NO6S. The molecule has 8 heteroatoms. The van der Waals surface area contributed by atoms with Crippen LogP contribution < -0.4 is 0 Å². The summed E-state index contributed by atoms with van der Waals surface area (Å²) in [6.07, 6.45) is -0.0876. The number of rotatable bonds is 5. The molecule has 3 aromatic rings. The number of nitrogens with zero attached hydrogens (tertiary/aromatic N) is 1. The third-order valence-corrected chi connectivity index (χ3v) is 9.66. The maximum atomic E-state index is 14.2. The predicted octanol–water partition coefficient (Wildman–Crippen LogP) is 5.14. The molecule has 1 saturated heterocycles. The van der Waals surface area contributed by atoms with E-state index in [1.807, 2.05) is 67.6 Å². The minimum Gasteiger partial charge on any atom is -0.456 e. The number of hydrogen-bond acceptors (Lipinski definition) is 6. The van der Waals surface area contributed by atoms with Gasteiger partial charge in [0.05, 0.1) is 4.90 Å². The van der Waals surface area contributed by atoms with Crippen LogP contribution in [0.15, 0.2) is 101 Å². The van der Waals surface area contributed by atoms with Crippen LogP contribution in [0.1, 0.15) is 36.6 Å². The summed E-state index contributed by atoms with van der Waals surface area (Å²) >= 11 is 0. The Morgan fingerprint density at radius 3 is 2.21 bits per heavy atom. The SMILES string of the molecule is Cc1ccc(S(=O)(=O)N2C[C@H]3[C@H](C4=C(O[C@H]3c3ccccc3)OC(C)(C)OC4=O)[C@H]2Cc2ccccc2)cc1. The fourth-order valence-corrected chi connectivity index (χ4v) is 7.68. The van der Waals surface area contributed by atoms with E-state index in [-0.39, 0.29) is 28.9 Å². The van der Waals surface area contributed by atoms with Crippen LogP contribution in [0.2, 0.25) is 0 Å². The molecule has 0 aliphatic carbocycles. The van der Waals surface area contributed by atoms with Crippen LogP contribution in [-0.4, -0.2) is 37.1 Å². The van der Waals surface area contributed by atoms with Crippen LogP contribution in [0.4, 0.5) is 0 Å². The average Bonchev–Trinajstić information content (AvgIpc) is 3.28. The molecule has 3 aliphatic rings. The lowest BCUT2D eigenvalue weighted by Gasteiger charge is -2.42. The van der Waals surface area contributed by atoms with Crippen molar-refractivity contribution in [3.8, 4) is 0 Å². The maximum Gasteiger partial charge on any atom is 0.344 e. The van der Waals surface area contributed by atoms with E-state index in [1.54, 1.807) is 42.4 Å². The summed E-state index contributed by atoms with van der Waals surface area (Å²) in [6, 6.07) is 25.8. The van der Waals surface area contributed by atoms with Crippen molar-refractivity contribution in [3.63, 3.8) is 0 Å². The second-order valence-corrected chi connectivity index (χ2v) is 12.8. The van der Waals surface area contributed by atoms with Crippen LogP contribution in [0.3, 0.4) is 0 Å². The fourth-order valence-electron chi connectivity index (χ4n) is 6.00. The van der Waals surface area contributed by atoms with Gasteiger partial charge in [0.25, 0.3) is 11.7 Å². The summed E-state index contributed by atoms with van der Waals surface area (Å²) in [5.74, 6) is -2.44. The Morgan fingerprint density at radius 1 is 0.897 bits per heavy atom. The molecule has 0 radical (unpaired) electrons. The number of hydrogen-bond donors (Lipinski definition) is 0. The second kappa shape index (κ2) is 9.54. The van der Waals surface area contributed by atoms with E-state index in [2.05, 4.69) is 0 Å². The highest BCUT2D eigenvalue weighted by molar-refractivity contribution is 7.89. The zero-order valence-electron chi connectivity index (χ0n) is 22.1. The van der Waals surface area contributed by atoms with Crippen molar-refractivity contribution >= 4 is 16.0 Å². The number of esters is 1. The van der Waals surface area contributed by atoms with Gasteiger partial charge in [0.2, 0.25) is 10.0 Å². The first-order valence-electron chi connectivity index (χ1n) is 13.1. The number of carbonyl (C=O) groups excluding carboxylic acids is 1. The lowest BCUT2D eigenvalue weighted by Crippen LogP contribution is -2.46. The molecule has 3 aliphatic heterocycles. The number of aryl methyl sites for hydroxylation is 1. The molecular weight excluding hydrogens is 514 g/mol. The first kappa shape index (κ1) is 25.6. The smallest absolute Gasteiger partial charge is 0.344 e. The summed E-state index contributed by atoms with van der Waals surface area (Å²) in [7, 11) is -3.90. The molecule has 3 aromatic carbocycles. The van der Waals surface area contributed by atoms with Gasteiger partial charge in [-0.25, -0.2) is 13.2 Å². The molecule has 7 nitrogen and oxygen atoms in total. The number of cyclic esters (lactones) is 1. The van der Waals surface area contributed by atoms with Gasteiger partial charge < -0.3 is 14.2 Å². The average molecular weight is 546 g/mol. The van der Waals surface area contributed by atoms with Crippen LogP contribution in [0, 0.1) is 18.8 Å². The van der Waals surface area contributed by atoms with Crippen molar-refractivity contribution in [1.29, 1.82) is 0 Å². The third-order valence-electron chi connectivity index (χ3n) is 7.75. The Hall–Kier alpha value is -3.62. The summed E-state index contributed by atoms with van der Waals surface area (Å²) in [5.41, 5.74) is 3.12. The van der Waals surface area contributed by atoms with Crippen molar-refractivity contribution in [2.24, 2.45) is 11.8 Å². The van der Waals surface area contributed by atoms with Gasteiger partial charge in [-0.05, 0) is 36.6 Å². The van der Waals surface area contributed by atoms with Gasteiger partial charge in [-0.15, -0.1) is 0 Å². The lowest BCUT2D eigenvalue weighted by molar-refractivity contribution is -0.240. The number of ether oxygens (including phenoxy) is 3. The van der Waals surface area contributed by atoms with Gasteiger partial charge in [-0.2, -0.15) is 4.31 Å². The van der Waals surface area contributed by atoms with E-state index >= 15 is 0 Å². The zero-order chi connectivity index (χ0) is 27.4. The molecule has 4 atom stereocenters. The molecule has 6 rings (SSSR count). The van der Waals surface area contributed by atoms with E-state index in [0.717, 1.165) is 16.7 Å². The maximum absolute atomic E-state index is 14.2. The minimum atomic E-state index is -3.90. The highest BCUT2D eigenvalue weighted by Gasteiger charge is 2.59. The van der Waals surface area contributed by atoms with E-state index in [0.29, 0.717) is 6.42 Å². The van der Waals surface area contributed by atoms with Crippen molar-refractivity contribution < 1.29 is 27.4 Å². The number of carbonyl (C=O) groups is 1. The van der Waals surface area contributed by atoms with Crippen LogP contribution >= 0.6 is 0 Å².